The second kappa shape index (κ2) is 5.73. The van der Waals surface area contributed by atoms with E-state index in [0.717, 1.165) is 38.0 Å². The first-order chi connectivity index (χ1) is 10.2. The lowest BCUT2D eigenvalue weighted by molar-refractivity contribution is 0.0719. The minimum absolute atomic E-state index is 0.146. The zero-order chi connectivity index (χ0) is 14.8. The van der Waals surface area contributed by atoms with Crippen molar-refractivity contribution in [3.63, 3.8) is 0 Å². The smallest absolute Gasteiger partial charge is 0.278 e. The van der Waals surface area contributed by atoms with E-state index >= 15 is 0 Å². The van der Waals surface area contributed by atoms with Crippen molar-refractivity contribution in [1.82, 2.24) is 19.9 Å². The molecule has 21 heavy (non-hydrogen) atoms. The molecule has 7 heteroatoms. The zero-order valence-corrected chi connectivity index (χ0v) is 12.3. The van der Waals surface area contributed by atoms with E-state index in [2.05, 4.69) is 10.3 Å². The Hall–Kier alpha value is -2.08. The molecular weight excluding hydrogens is 290 g/mol. The third-order valence-electron chi connectivity index (χ3n) is 3.62. The van der Waals surface area contributed by atoms with Gasteiger partial charge in [-0.1, -0.05) is 16.8 Å². The lowest BCUT2D eigenvalue weighted by atomic mass is 10.1. The summed E-state index contributed by atoms with van der Waals surface area (Å²) in [5.41, 5.74) is 6.98. The van der Waals surface area contributed by atoms with Gasteiger partial charge in [0.2, 0.25) is 0 Å². The summed E-state index contributed by atoms with van der Waals surface area (Å²) in [6, 6.07) is 7.04. The molecule has 0 bridgehead atoms. The minimum atomic E-state index is -0.146. The van der Waals surface area contributed by atoms with E-state index in [1.54, 1.807) is 29.2 Å². The molecule has 0 saturated carbocycles. The number of nitrogens with zero attached hydrogens (tertiary/aromatic N) is 4. The number of carbonyl (C=O) groups excluding carboxylic acids is 1. The molecule has 2 N–H and O–H groups in total. The number of halogens is 1. The highest BCUT2D eigenvalue weighted by molar-refractivity contribution is 6.30. The molecule has 6 nitrogen and oxygen atoms in total. The molecule has 1 aromatic heterocycles. The Bertz CT molecular complexity index is 646. The van der Waals surface area contributed by atoms with Crippen LogP contribution in [0, 0.1) is 0 Å². The summed E-state index contributed by atoms with van der Waals surface area (Å²) in [7, 11) is 0. The van der Waals surface area contributed by atoms with E-state index < -0.39 is 0 Å². The van der Waals surface area contributed by atoms with Crippen molar-refractivity contribution < 1.29 is 4.79 Å². The summed E-state index contributed by atoms with van der Waals surface area (Å²) < 4.78 is 1.45. The Morgan fingerprint density at radius 1 is 1.14 bits per heavy atom. The highest BCUT2D eigenvalue weighted by atomic mass is 35.5. The first kappa shape index (κ1) is 13.9. The highest BCUT2D eigenvalue weighted by Gasteiger charge is 2.24. The Labute approximate surface area is 127 Å². The van der Waals surface area contributed by atoms with Crippen LogP contribution in [-0.4, -0.2) is 38.9 Å². The molecule has 3 rings (SSSR count). The number of rotatable bonds is 2. The average molecular weight is 306 g/mol. The van der Waals surface area contributed by atoms with Crippen LogP contribution in [0.3, 0.4) is 0 Å². The molecule has 1 aliphatic rings. The summed E-state index contributed by atoms with van der Waals surface area (Å²) >= 11 is 5.86. The Kier molecular flexibility index (Phi) is 3.79. The first-order valence-corrected chi connectivity index (χ1v) is 7.31. The molecule has 1 saturated heterocycles. The van der Waals surface area contributed by atoms with Gasteiger partial charge in [-0.15, -0.1) is 5.10 Å². The molecule has 2 heterocycles. The van der Waals surface area contributed by atoms with Gasteiger partial charge in [0, 0.05) is 18.1 Å². The number of aromatic nitrogens is 3. The SMILES string of the molecule is Nc1c(C(=O)N2CCCCC2)nnn1-c1ccc(Cl)cc1. The Morgan fingerprint density at radius 3 is 2.48 bits per heavy atom. The Morgan fingerprint density at radius 2 is 1.81 bits per heavy atom. The largest absolute Gasteiger partial charge is 0.382 e. The number of likely N-dealkylation sites (tertiary alicyclic amines) is 1. The van der Waals surface area contributed by atoms with Crippen LogP contribution in [0.2, 0.25) is 5.02 Å². The van der Waals surface area contributed by atoms with Crippen LogP contribution in [0.4, 0.5) is 5.82 Å². The summed E-state index contributed by atoms with van der Waals surface area (Å²) in [6.07, 6.45) is 3.21. The first-order valence-electron chi connectivity index (χ1n) is 6.93. The number of nitrogens with two attached hydrogens (primary N) is 1. The van der Waals surface area contributed by atoms with E-state index in [-0.39, 0.29) is 17.4 Å². The van der Waals surface area contributed by atoms with Crippen molar-refractivity contribution in [2.45, 2.75) is 19.3 Å². The van der Waals surface area contributed by atoms with Gasteiger partial charge in [0.05, 0.1) is 5.69 Å². The van der Waals surface area contributed by atoms with Gasteiger partial charge >= 0.3 is 0 Å². The number of nitrogen functional groups attached to an aromatic ring is 1. The third-order valence-corrected chi connectivity index (χ3v) is 3.87. The van der Waals surface area contributed by atoms with E-state index in [1.807, 2.05) is 0 Å². The minimum Gasteiger partial charge on any atom is -0.382 e. The van der Waals surface area contributed by atoms with Gasteiger partial charge in [-0.05, 0) is 43.5 Å². The molecule has 0 radical (unpaired) electrons. The maximum atomic E-state index is 12.4. The van der Waals surface area contributed by atoms with E-state index in [1.165, 1.54) is 4.68 Å². The molecular formula is C14H16ClN5O. The van der Waals surface area contributed by atoms with E-state index in [4.69, 9.17) is 17.3 Å². The lowest BCUT2D eigenvalue weighted by Gasteiger charge is -2.25. The van der Waals surface area contributed by atoms with Gasteiger partial charge in [0.1, 0.15) is 0 Å². The fraction of sp³-hybridized carbons (Fsp3) is 0.357. The topological polar surface area (TPSA) is 77.0 Å². The third kappa shape index (κ3) is 2.71. The normalized spacial score (nSPS) is 15.2. The molecule has 2 aromatic rings. The molecule has 1 amide bonds. The number of amides is 1. The van der Waals surface area contributed by atoms with Gasteiger partial charge in [-0.25, -0.2) is 0 Å². The van der Waals surface area contributed by atoms with Gasteiger partial charge in [-0.3, -0.25) is 4.79 Å². The fourth-order valence-corrected chi connectivity index (χ4v) is 2.59. The second-order valence-electron chi connectivity index (χ2n) is 5.06. The van der Waals surface area contributed by atoms with Crippen LogP contribution in [0.1, 0.15) is 29.8 Å². The van der Waals surface area contributed by atoms with Crippen molar-refractivity contribution in [2.75, 3.05) is 18.8 Å². The van der Waals surface area contributed by atoms with Crippen molar-refractivity contribution in [3.05, 3.63) is 35.0 Å². The summed E-state index contributed by atoms with van der Waals surface area (Å²) in [5.74, 6) is 0.111. The van der Waals surface area contributed by atoms with Crippen LogP contribution in [0.25, 0.3) is 5.69 Å². The van der Waals surface area contributed by atoms with Crippen LogP contribution in [0.15, 0.2) is 24.3 Å². The summed E-state index contributed by atoms with van der Waals surface area (Å²) in [5, 5.41) is 8.56. The number of carbonyl (C=O) groups is 1. The van der Waals surface area contributed by atoms with Crippen molar-refractivity contribution in [1.29, 1.82) is 0 Å². The van der Waals surface area contributed by atoms with Crippen molar-refractivity contribution >= 4 is 23.3 Å². The predicted octanol–water partition coefficient (Wildman–Crippen LogP) is 2.13. The maximum absolute atomic E-state index is 12.4. The number of benzene rings is 1. The van der Waals surface area contributed by atoms with Crippen LogP contribution < -0.4 is 5.73 Å². The molecule has 1 aromatic carbocycles. The summed E-state index contributed by atoms with van der Waals surface area (Å²) in [4.78, 5) is 14.2. The number of hydrogen-bond acceptors (Lipinski definition) is 4. The zero-order valence-electron chi connectivity index (χ0n) is 11.5. The molecule has 110 valence electrons. The number of hydrogen-bond donors (Lipinski definition) is 1. The second-order valence-corrected chi connectivity index (χ2v) is 5.50. The molecule has 0 spiro atoms. The Balaban J connectivity index is 1.88. The van der Waals surface area contributed by atoms with Gasteiger partial charge in [0.25, 0.3) is 5.91 Å². The number of piperidine rings is 1. The predicted molar refractivity (Wildman–Crippen MR) is 80.5 cm³/mol. The molecule has 0 aliphatic carbocycles. The lowest BCUT2D eigenvalue weighted by Crippen LogP contribution is -2.36. The monoisotopic (exact) mass is 305 g/mol. The maximum Gasteiger partial charge on any atom is 0.278 e. The van der Waals surface area contributed by atoms with E-state index in [0.29, 0.717) is 5.02 Å². The van der Waals surface area contributed by atoms with E-state index in [9.17, 15) is 4.79 Å². The van der Waals surface area contributed by atoms with Gasteiger partial charge < -0.3 is 10.6 Å². The fourth-order valence-electron chi connectivity index (χ4n) is 2.46. The van der Waals surface area contributed by atoms with Gasteiger partial charge in [-0.2, -0.15) is 4.68 Å². The molecule has 0 atom stereocenters. The standard InChI is InChI=1S/C14H16ClN5O/c15-10-4-6-11(7-5-10)20-13(16)12(17-18-20)14(21)19-8-2-1-3-9-19/h4-7H,1-3,8-9,16H2. The molecule has 1 aliphatic heterocycles. The van der Waals surface area contributed by atoms with Crippen LogP contribution >= 0.6 is 11.6 Å². The van der Waals surface area contributed by atoms with Gasteiger partial charge in [0.15, 0.2) is 11.5 Å². The average Bonchev–Trinajstić information content (AvgIpc) is 2.90. The van der Waals surface area contributed by atoms with Crippen LogP contribution in [0.5, 0.6) is 0 Å². The molecule has 0 unspecified atom stereocenters. The van der Waals surface area contributed by atoms with Crippen LogP contribution in [-0.2, 0) is 0 Å². The van der Waals surface area contributed by atoms with Crippen molar-refractivity contribution in [2.24, 2.45) is 0 Å². The molecule has 1 fully saturated rings. The number of anilines is 1. The quantitative estimate of drug-likeness (QED) is 0.922. The van der Waals surface area contributed by atoms with Crippen molar-refractivity contribution in [3.8, 4) is 5.69 Å². The summed E-state index contributed by atoms with van der Waals surface area (Å²) in [6.45, 7) is 1.51. The highest BCUT2D eigenvalue weighted by Crippen LogP contribution is 2.20.